The number of aromatic amines is 2. The lowest BCUT2D eigenvalue weighted by molar-refractivity contribution is -0.119. The minimum Gasteiger partial charge on any atom is -0.493 e. The van der Waals surface area contributed by atoms with Crippen molar-refractivity contribution in [3.05, 3.63) is 50.1 Å². The fourth-order valence-corrected chi connectivity index (χ4v) is 3.48. The molecule has 1 aromatic carbocycles. The molecule has 148 valence electrons. The molecule has 0 radical (unpaired) electrons. The Labute approximate surface area is 173 Å². The molecule has 11 heteroatoms. The van der Waals surface area contributed by atoms with E-state index in [2.05, 4.69) is 15.3 Å². The largest absolute Gasteiger partial charge is 0.493 e. The number of benzene rings is 1. The molecular formula is C18H14N4O5S2. The molecule has 0 aliphatic carbocycles. The van der Waals surface area contributed by atoms with E-state index in [0.717, 1.165) is 11.8 Å². The van der Waals surface area contributed by atoms with Gasteiger partial charge < -0.3 is 14.5 Å². The number of rotatable bonds is 6. The lowest BCUT2D eigenvalue weighted by atomic mass is 10.1. The van der Waals surface area contributed by atoms with Crippen molar-refractivity contribution in [1.29, 1.82) is 5.26 Å². The van der Waals surface area contributed by atoms with Gasteiger partial charge in [0.15, 0.2) is 16.3 Å². The quantitative estimate of drug-likeness (QED) is 0.593. The molecule has 1 atom stereocenters. The first-order valence-electron chi connectivity index (χ1n) is 8.19. The molecule has 1 aliphatic rings. The number of nitriles is 1. The number of ether oxygens (including phenoxy) is 2. The van der Waals surface area contributed by atoms with Gasteiger partial charge in [0.1, 0.15) is 23.5 Å². The first-order valence-corrected chi connectivity index (χ1v) is 9.47. The minimum absolute atomic E-state index is 0.0413. The second kappa shape index (κ2) is 8.76. The Hall–Kier alpha value is -3.36. The van der Waals surface area contributed by atoms with E-state index >= 15 is 0 Å². The average molecular weight is 430 g/mol. The summed E-state index contributed by atoms with van der Waals surface area (Å²) in [5, 5.41) is 10.3. The second-order valence-corrected chi connectivity index (χ2v) is 7.30. The van der Waals surface area contributed by atoms with Crippen LogP contribution < -0.4 is 20.3 Å². The zero-order valence-electron chi connectivity index (χ0n) is 15.0. The van der Waals surface area contributed by atoms with Crippen LogP contribution in [0.3, 0.4) is 0 Å². The maximum absolute atomic E-state index is 11.9. The summed E-state index contributed by atoms with van der Waals surface area (Å²) < 4.78 is 11.2. The summed E-state index contributed by atoms with van der Waals surface area (Å²) in [6.07, 6.45) is 3.14. The number of H-pyrrole nitrogens is 2. The van der Waals surface area contributed by atoms with Crippen LogP contribution in [-0.2, 0) is 4.79 Å². The van der Waals surface area contributed by atoms with Crippen LogP contribution in [0.4, 0.5) is 4.79 Å². The fraction of sp³-hybridized carbons (Fsp3) is 0.167. The Bertz CT molecular complexity index is 1160. The van der Waals surface area contributed by atoms with E-state index in [1.54, 1.807) is 24.3 Å². The van der Waals surface area contributed by atoms with Crippen molar-refractivity contribution in [3.63, 3.8) is 0 Å². The summed E-state index contributed by atoms with van der Waals surface area (Å²) in [6, 6.07) is 6.97. The number of carbonyl (C=O) groups is 2. The molecule has 3 N–H and O–H groups in total. The molecule has 1 aliphatic heterocycles. The van der Waals surface area contributed by atoms with Crippen molar-refractivity contribution in [2.24, 2.45) is 0 Å². The highest BCUT2D eigenvalue weighted by molar-refractivity contribution is 8.15. The third-order valence-electron chi connectivity index (χ3n) is 3.89. The predicted octanol–water partition coefficient (Wildman–Crippen LogP) is 2.21. The maximum atomic E-state index is 11.9. The van der Waals surface area contributed by atoms with Crippen molar-refractivity contribution in [3.8, 4) is 17.6 Å². The molecule has 1 aromatic heterocycles. The number of hydrogen-bond donors (Lipinski definition) is 3. The summed E-state index contributed by atoms with van der Waals surface area (Å²) in [7, 11) is 1.47. The summed E-state index contributed by atoms with van der Waals surface area (Å²) in [4.78, 5) is 40.0. The number of amides is 2. The van der Waals surface area contributed by atoms with Gasteiger partial charge in [0.25, 0.3) is 10.8 Å². The van der Waals surface area contributed by atoms with E-state index < -0.39 is 22.0 Å². The van der Waals surface area contributed by atoms with E-state index in [1.165, 1.54) is 13.2 Å². The fourth-order valence-electron chi connectivity index (χ4n) is 2.55. The number of nitrogens with one attached hydrogen (secondary N) is 3. The van der Waals surface area contributed by atoms with E-state index in [0.29, 0.717) is 17.1 Å². The highest BCUT2D eigenvalue weighted by Crippen LogP contribution is 2.33. The standard InChI is InChI=1S/C18H14N4O5S2/c1-26-12-4-2-3-9(14(12)27-8-13-16(24)22-18(25)29-13)5-6-11-10(7-19)15(23)21-17(28)20-11/h2-6,13H,8H2,1H3,(H,22,24,25)(H2,20,21,23,28). The first-order chi connectivity index (χ1) is 13.9. The lowest BCUT2D eigenvalue weighted by Crippen LogP contribution is -2.28. The lowest BCUT2D eigenvalue weighted by Gasteiger charge is -2.14. The van der Waals surface area contributed by atoms with Gasteiger partial charge in [0.2, 0.25) is 5.91 Å². The number of carbonyl (C=O) groups excluding carboxylic acids is 2. The summed E-state index contributed by atoms with van der Waals surface area (Å²) >= 11 is 5.80. The third-order valence-corrected chi connectivity index (χ3v) is 5.04. The van der Waals surface area contributed by atoms with Crippen LogP contribution in [-0.4, -0.2) is 40.1 Å². The number of imide groups is 1. The molecule has 29 heavy (non-hydrogen) atoms. The Balaban J connectivity index is 1.92. The van der Waals surface area contributed by atoms with Gasteiger partial charge in [-0.25, -0.2) is 0 Å². The zero-order chi connectivity index (χ0) is 21.0. The van der Waals surface area contributed by atoms with Crippen LogP contribution in [0.5, 0.6) is 11.5 Å². The monoisotopic (exact) mass is 430 g/mol. The molecule has 1 saturated heterocycles. The van der Waals surface area contributed by atoms with Gasteiger partial charge in [0, 0.05) is 5.56 Å². The molecule has 1 unspecified atom stereocenters. The van der Waals surface area contributed by atoms with Crippen molar-refractivity contribution in [1.82, 2.24) is 15.3 Å². The Kier molecular flexibility index (Phi) is 6.16. The van der Waals surface area contributed by atoms with Crippen LogP contribution in [0.2, 0.25) is 0 Å². The van der Waals surface area contributed by atoms with Gasteiger partial charge >= 0.3 is 0 Å². The van der Waals surface area contributed by atoms with Crippen molar-refractivity contribution >= 4 is 47.3 Å². The van der Waals surface area contributed by atoms with Crippen LogP contribution in [0.25, 0.3) is 12.2 Å². The topological polar surface area (TPSA) is 137 Å². The van der Waals surface area contributed by atoms with Crippen LogP contribution in [0, 0.1) is 16.1 Å². The average Bonchev–Trinajstić information content (AvgIpc) is 3.01. The van der Waals surface area contributed by atoms with Gasteiger partial charge in [-0.15, -0.1) is 0 Å². The van der Waals surface area contributed by atoms with Gasteiger partial charge in [0.05, 0.1) is 12.8 Å². The van der Waals surface area contributed by atoms with E-state index in [1.807, 2.05) is 6.07 Å². The second-order valence-electron chi connectivity index (χ2n) is 5.71. The van der Waals surface area contributed by atoms with Crippen LogP contribution in [0.15, 0.2) is 23.0 Å². The molecule has 9 nitrogen and oxygen atoms in total. The minimum atomic E-state index is -0.668. The number of hydrogen-bond acceptors (Lipinski definition) is 8. The Morgan fingerprint density at radius 3 is 2.72 bits per heavy atom. The smallest absolute Gasteiger partial charge is 0.286 e. The number of methoxy groups -OCH3 is 1. The number of nitrogens with zero attached hydrogens (tertiary/aromatic N) is 1. The Morgan fingerprint density at radius 1 is 1.28 bits per heavy atom. The molecule has 2 amide bonds. The molecule has 0 bridgehead atoms. The van der Waals surface area contributed by atoms with E-state index in [4.69, 9.17) is 21.7 Å². The van der Waals surface area contributed by atoms with E-state index in [9.17, 15) is 19.6 Å². The molecule has 0 saturated carbocycles. The first kappa shape index (κ1) is 20.4. The maximum Gasteiger partial charge on any atom is 0.286 e. The third kappa shape index (κ3) is 4.56. The van der Waals surface area contributed by atoms with Crippen LogP contribution >= 0.6 is 24.0 Å². The number of para-hydroxylation sites is 1. The van der Waals surface area contributed by atoms with Crippen molar-refractivity contribution < 1.29 is 19.1 Å². The molecule has 3 rings (SSSR count). The molecule has 2 heterocycles. The van der Waals surface area contributed by atoms with Gasteiger partial charge in [-0.1, -0.05) is 12.1 Å². The van der Waals surface area contributed by atoms with E-state index in [-0.39, 0.29) is 22.6 Å². The van der Waals surface area contributed by atoms with Crippen LogP contribution in [0.1, 0.15) is 16.8 Å². The van der Waals surface area contributed by atoms with Gasteiger partial charge in [-0.2, -0.15) is 5.26 Å². The van der Waals surface area contributed by atoms with Crippen molar-refractivity contribution in [2.75, 3.05) is 13.7 Å². The highest BCUT2D eigenvalue weighted by Gasteiger charge is 2.32. The zero-order valence-corrected chi connectivity index (χ0v) is 16.6. The highest BCUT2D eigenvalue weighted by atomic mass is 32.2. The summed E-state index contributed by atoms with van der Waals surface area (Å²) in [6.45, 7) is -0.0413. The summed E-state index contributed by atoms with van der Waals surface area (Å²) in [5.74, 6) is 0.351. The van der Waals surface area contributed by atoms with Crippen molar-refractivity contribution in [2.45, 2.75) is 5.25 Å². The normalized spacial score (nSPS) is 15.9. The SMILES string of the molecule is COc1cccc(C=Cc2[nH]c(=S)[nH]c(=O)c2C#N)c1OCC1SC(=O)NC1=O. The number of aromatic nitrogens is 2. The molecule has 0 spiro atoms. The molecule has 2 aromatic rings. The molecular weight excluding hydrogens is 416 g/mol. The predicted molar refractivity (Wildman–Crippen MR) is 109 cm³/mol. The summed E-state index contributed by atoms with van der Waals surface area (Å²) in [5.41, 5.74) is 0.110. The number of thioether (sulfide) groups is 1. The van der Waals surface area contributed by atoms with Gasteiger partial charge in [-0.3, -0.25) is 24.7 Å². The molecule has 1 fully saturated rings. The Morgan fingerprint density at radius 2 is 2.07 bits per heavy atom. The van der Waals surface area contributed by atoms with Gasteiger partial charge in [-0.05, 0) is 42.2 Å².